The van der Waals surface area contributed by atoms with Gasteiger partial charge >= 0.3 is 0 Å². The topological polar surface area (TPSA) is 3.24 Å². The van der Waals surface area contributed by atoms with E-state index in [2.05, 4.69) is 48.1 Å². The fraction of sp³-hybridized carbons (Fsp3) is 0.429. The van der Waals surface area contributed by atoms with E-state index in [-0.39, 0.29) is 9.20 Å². The highest BCUT2D eigenvalue weighted by Gasteiger charge is 2.15. The molecule has 0 aromatic heterocycles. The molecule has 2 unspecified atom stereocenters. The van der Waals surface area contributed by atoms with Gasteiger partial charge in [-0.25, -0.2) is 0 Å². The van der Waals surface area contributed by atoms with Crippen molar-refractivity contribution in [3.63, 3.8) is 0 Å². The lowest BCUT2D eigenvalue weighted by Gasteiger charge is -2.29. The highest BCUT2D eigenvalue weighted by molar-refractivity contribution is 7.06. The average molecular weight is 232 g/mol. The summed E-state index contributed by atoms with van der Waals surface area (Å²) in [5.41, 5.74) is 4.42. The molecule has 0 radical (unpaired) electrons. The molecule has 12 heavy (non-hydrogen) atoms. The van der Waals surface area contributed by atoms with E-state index in [0.717, 1.165) is 0 Å². The van der Waals surface area contributed by atoms with Gasteiger partial charge in [0.25, 0.3) is 0 Å². The minimum absolute atomic E-state index is 0.172. The second-order valence-electron chi connectivity index (χ2n) is 3.19. The maximum Gasteiger partial charge on any atom is 0.118 e. The number of nitrogens with zero attached hydrogens (tertiary/aromatic N) is 1. The molecule has 70 valence electrons. The molecule has 0 N–H and O–H groups in total. The van der Waals surface area contributed by atoms with Crippen LogP contribution in [0, 0.1) is 0 Å². The fourth-order valence-corrected chi connectivity index (χ4v) is 23.7. The molecule has 0 aliphatic carbocycles. The van der Waals surface area contributed by atoms with Crippen LogP contribution in [0.1, 0.15) is 0 Å². The van der Waals surface area contributed by atoms with Crippen molar-refractivity contribution in [2.75, 3.05) is 0 Å². The molecule has 0 rings (SSSR count). The Hall–Kier alpha value is 0.308. The number of hydrogen-bond acceptors (Lipinski definition) is 1. The Morgan fingerprint density at radius 1 is 1.17 bits per heavy atom. The molecule has 0 aliphatic rings. The van der Waals surface area contributed by atoms with Crippen molar-refractivity contribution in [3.8, 4) is 0 Å². The van der Waals surface area contributed by atoms with Crippen LogP contribution < -0.4 is 0 Å². The molecule has 0 heterocycles. The highest BCUT2D eigenvalue weighted by Crippen LogP contribution is 1.99. The van der Waals surface area contributed by atoms with Crippen LogP contribution >= 0.6 is 0 Å². The zero-order valence-electron chi connectivity index (χ0n) is 8.59. The summed E-state index contributed by atoms with van der Waals surface area (Å²) < 4.78 is 2.87. The monoisotopic (exact) mass is 231 g/mol. The zero-order chi connectivity index (χ0) is 9.56. The molecule has 0 aliphatic heterocycles. The highest BCUT2D eigenvalue weighted by atomic mass is 29.2. The first-order chi connectivity index (χ1) is 5.67. The summed E-state index contributed by atoms with van der Waals surface area (Å²) in [5.74, 6) is 0. The molecule has 0 bridgehead atoms. The third kappa shape index (κ3) is 3.81. The van der Waals surface area contributed by atoms with Gasteiger partial charge in [-0.1, -0.05) is 31.0 Å². The third-order valence-corrected chi connectivity index (χ3v) is 20.4. The van der Waals surface area contributed by atoms with Crippen molar-refractivity contribution in [2.24, 2.45) is 0 Å². The Bertz CT molecular complexity index is 136. The minimum Gasteiger partial charge on any atom is -0.374 e. The van der Waals surface area contributed by atoms with Gasteiger partial charge in [0.05, 0.1) is 9.20 Å². The van der Waals surface area contributed by atoms with Crippen molar-refractivity contribution >= 4 is 36.2 Å². The van der Waals surface area contributed by atoms with Crippen molar-refractivity contribution < 1.29 is 0 Å². The second-order valence-corrected chi connectivity index (χ2v) is 17.0. The first kappa shape index (κ1) is 12.3. The van der Waals surface area contributed by atoms with Gasteiger partial charge in [-0.3, -0.25) is 0 Å². The van der Waals surface area contributed by atoms with Gasteiger partial charge in [0.15, 0.2) is 0 Å². The van der Waals surface area contributed by atoms with E-state index in [4.69, 9.17) is 0 Å². The van der Waals surface area contributed by atoms with Gasteiger partial charge < -0.3 is 3.90 Å². The van der Waals surface area contributed by atoms with E-state index in [1.54, 1.807) is 0 Å². The van der Waals surface area contributed by atoms with Crippen LogP contribution in [0.15, 0.2) is 24.6 Å². The summed E-state index contributed by atoms with van der Waals surface area (Å²) in [7, 11) is -0.938. The first-order valence-electron chi connectivity index (χ1n) is 4.68. The second kappa shape index (κ2) is 6.78. The standard InChI is InChI=1S/C7H21NSi4/c1-6-11(4)8(10-9-3)12(5)7-2/h6-7,11-12H,1-2,9-10H2,3-5H3. The first-order valence-corrected chi connectivity index (χ1v) is 15.4. The quantitative estimate of drug-likeness (QED) is 0.566. The van der Waals surface area contributed by atoms with Crippen LogP contribution in [0.4, 0.5) is 0 Å². The molecule has 0 spiro atoms. The summed E-state index contributed by atoms with van der Waals surface area (Å²) in [6.07, 6.45) is 0. The largest absolute Gasteiger partial charge is 0.374 e. The van der Waals surface area contributed by atoms with E-state index in [1.807, 2.05) is 0 Å². The van der Waals surface area contributed by atoms with Gasteiger partial charge in [-0.05, 0) is 0 Å². The fourth-order valence-electron chi connectivity index (χ4n) is 1.31. The molecular formula is C7H21NSi4. The zero-order valence-corrected chi connectivity index (χ0v) is 13.7. The van der Waals surface area contributed by atoms with Crippen molar-refractivity contribution in [3.05, 3.63) is 24.6 Å². The van der Waals surface area contributed by atoms with Crippen LogP contribution in [0.2, 0.25) is 19.6 Å². The minimum atomic E-state index is -0.705. The summed E-state index contributed by atoms with van der Waals surface area (Å²) >= 11 is 0. The van der Waals surface area contributed by atoms with E-state index < -0.39 is 17.9 Å². The van der Waals surface area contributed by atoms with Crippen LogP contribution in [-0.4, -0.2) is 40.0 Å². The maximum absolute atomic E-state index is 3.93. The molecule has 1 nitrogen and oxygen atoms in total. The van der Waals surface area contributed by atoms with Gasteiger partial charge in [0, 0.05) is 9.04 Å². The summed E-state index contributed by atoms with van der Waals surface area (Å²) in [4.78, 5) is 0. The van der Waals surface area contributed by atoms with Gasteiger partial charge in [-0.15, -0.1) is 13.2 Å². The molecule has 5 heteroatoms. The Morgan fingerprint density at radius 2 is 1.58 bits per heavy atom. The predicted octanol–water partition coefficient (Wildman–Crippen LogP) is -0.338. The van der Waals surface area contributed by atoms with E-state index in [9.17, 15) is 0 Å². The summed E-state index contributed by atoms with van der Waals surface area (Å²) in [6, 6.07) is 0. The SMILES string of the molecule is C=C[SiH](C)N([SiH2][SiH2]C)[SiH](C)C=C. The molecule has 0 aromatic rings. The lowest BCUT2D eigenvalue weighted by Crippen LogP contribution is -2.48. The molecular weight excluding hydrogens is 210 g/mol. The van der Waals surface area contributed by atoms with E-state index in [1.165, 1.54) is 0 Å². The predicted molar refractivity (Wildman–Crippen MR) is 71.2 cm³/mol. The van der Waals surface area contributed by atoms with Crippen LogP contribution in [-0.2, 0) is 0 Å². The van der Waals surface area contributed by atoms with Crippen LogP contribution in [0.3, 0.4) is 0 Å². The Labute approximate surface area is 84.4 Å². The Morgan fingerprint density at radius 3 is 1.83 bits per heavy atom. The van der Waals surface area contributed by atoms with Crippen LogP contribution in [0.5, 0.6) is 0 Å². The molecule has 0 fully saturated rings. The number of hydrogen-bond donors (Lipinski definition) is 0. The maximum atomic E-state index is 3.93. The molecule has 0 saturated carbocycles. The van der Waals surface area contributed by atoms with E-state index >= 15 is 0 Å². The van der Waals surface area contributed by atoms with Crippen molar-refractivity contribution in [2.45, 2.75) is 19.6 Å². The lowest BCUT2D eigenvalue weighted by atomic mass is 11.3. The summed E-state index contributed by atoms with van der Waals surface area (Å²) in [6.45, 7) is 15.1. The summed E-state index contributed by atoms with van der Waals surface area (Å²) in [5, 5.41) is 0. The lowest BCUT2D eigenvalue weighted by molar-refractivity contribution is 1.06. The Balaban J connectivity index is 4.19. The average Bonchev–Trinajstić information content (AvgIpc) is 2.11. The molecule has 0 aromatic carbocycles. The molecule has 0 amide bonds. The van der Waals surface area contributed by atoms with Gasteiger partial charge in [0.1, 0.15) is 17.9 Å². The van der Waals surface area contributed by atoms with Crippen molar-refractivity contribution in [1.29, 1.82) is 0 Å². The van der Waals surface area contributed by atoms with Gasteiger partial charge in [0.2, 0.25) is 0 Å². The third-order valence-electron chi connectivity index (χ3n) is 2.21. The molecule has 2 atom stereocenters. The Kier molecular flexibility index (Phi) is 6.96. The molecule has 0 saturated heterocycles. The van der Waals surface area contributed by atoms with Crippen LogP contribution in [0.25, 0.3) is 0 Å². The normalized spacial score (nSPS) is 17.7. The van der Waals surface area contributed by atoms with Crippen molar-refractivity contribution in [1.82, 2.24) is 3.90 Å². The van der Waals surface area contributed by atoms with Gasteiger partial charge in [-0.2, -0.15) is 0 Å². The smallest absolute Gasteiger partial charge is 0.118 e. The van der Waals surface area contributed by atoms with E-state index in [0.29, 0.717) is 9.04 Å². The number of rotatable bonds is 6.